The Kier molecular flexibility index (Phi) is 3.58. The largest absolute Gasteiger partial charge is 0.504 e. The van der Waals surface area contributed by atoms with Crippen LogP contribution in [-0.2, 0) is 16.6 Å². The molecule has 0 radical (unpaired) electrons. The van der Waals surface area contributed by atoms with Gasteiger partial charge >= 0.3 is 0 Å². The fourth-order valence-electron chi connectivity index (χ4n) is 8.08. The SMILES string of the molecule is C=CCNC(=O)[C@H]1C[C@@]23C=CC1(O)[C@@H]1Oc4c(O)ccc5c4[C@@]12CCN(CC1CC1)[C@@H]3C5. The van der Waals surface area contributed by atoms with Crippen LogP contribution < -0.4 is 10.1 Å². The topological polar surface area (TPSA) is 82.0 Å². The Morgan fingerprint density at radius 3 is 2.97 bits per heavy atom. The van der Waals surface area contributed by atoms with E-state index < -0.39 is 23.0 Å². The molecule has 3 fully saturated rings. The number of carbonyl (C=O) groups excluding carboxylic acids is 1. The number of phenols is 1. The van der Waals surface area contributed by atoms with Crippen LogP contribution in [0.25, 0.3) is 0 Å². The number of piperidine rings is 1. The van der Waals surface area contributed by atoms with E-state index in [1.54, 1.807) is 12.1 Å². The molecule has 3 N–H and O–H groups in total. The molecular weight excluding hydrogens is 404 g/mol. The Morgan fingerprint density at radius 1 is 1.34 bits per heavy atom. The molecule has 8 rings (SSSR count). The molecule has 2 aliphatic heterocycles. The first-order valence-electron chi connectivity index (χ1n) is 12.0. The van der Waals surface area contributed by atoms with Crippen LogP contribution in [0, 0.1) is 17.3 Å². The van der Waals surface area contributed by atoms with Gasteiger partial charge < -0.3 is 20.3 Å². The minimum atomic E-state index is -1.41. The van der Waals surface area contributed by atoms with Gasteiger partial charge in [0.25, 0.3) is 0 Å². The molecule has 2 heterocycles. The van der Waals surface area contributed by atoms with E-state index in [9.17, 15) is 15.0 Å². The number of phenolic OH excluding ortho intramolecular Hbond substituents is 1. The van der Waals surface area contributed by atoms with Gasteiger partial charge in [-0.15, -0.1) is 6.58 Å². The second-order valence-corrected chi connectivity index (χ2v) is 10.9. The zero-order chi connectivity index (χ0) is 21.9. The van der Waals surface area contributed by atoms with Crippen LogP contribution in [0.4, 0.5) is 0 Å². The van der Waals surface area contributed by atoms with Crippen molar-refractivity contribution in [2.75, 3.05) is 19.6 Å². The van der Waals surface area contributed by atoms with Crippen LogP contribution >= 0.6 is 0 Å². The van der Waals surface area contributed by atoms with Gasteiger partial charge in [0.1, 0.15) is 11.7 Å². The number of hydrogen-bond acceptors (Lipinski definition) is 5. The van der Waals surface area contributed by atoms with E-state index in [2.05, 4.69) is 22.9 Å². The Balaban J connectivity index is 1.43. The van der Waals surface area contributed by atoms with Crippen LogP contribution in [0.5, 0.6) is 11.5 Å². The molecule has 6 heteroatoms. The lowest BCUT2D eigenvalue weighted by molar-refractivity contribution is -0.206. The molecule has 6 nitrogen and oxygen atoms in total. The van der Waals surface area contributed by atoms with Gasteiger partial charge in [-0.2, -0.15) is 0 Å². The Labute approximate surface area is 187 Å². The van der Waals surface area contributed by atoms with Crippen molar-refractivity contribution < 1.29 is 19.7 Å². The maximum atomic E-state index is 13.3. The zero-order valence-corrected chi connectivity index (χ0v) is 18.2. The summed E-state index contributed by atoms with van der Waals surface area (Å²) < 4.78 is 6.48. The lowest BCUT2D eigenvalue weighted by atomic mass is 9.37. The monoisotopic (exact) mass is 434 g/mol. The molecular formula is C26H30N2O4. The normalized spacial score (nSPS) is 42.3. The van der Waals surface area contributed by atoms with Crippen LogP contribution in [0.1, 0.15) is 36.8 Å². The molecule has 32 heavy (non-hydrogen) atoms. The smallest absolute Gasteiger partial charge is 0.226 e. The molecule has 6 atom stereocenters. The second-order valence-electron chi connectivity index (χ2n) is 10.9. The predicted molar refractivity (Wildman–Crippen MR) is 118 cm³/mol. The van der Waals surface area contributed by atoms with E-state index in [4.69, 9.17) is 4.74 Å². The number of benzene rings is 1. The number of carbonyl (C=O) groups is 1. The first kappa shape index (κ1) is 19.2. The van der Waals surface area contributed by atoms with Gasteiger partial charge in [0.05, 0.1) is 11.3 Å². The number of likely N-dealkylation sites (tertiary alicyclic amines) is 1. The number of nitrogens with one attached hydrogen (secondary N) is 1. The molecule has 5 aliphatic carbocycles. The van der Waals surface area contributed by atoms with Crippen LogP contribution in [0.15, 0.2) is 36.9 Å². The van der Waals surface area contributed by atoms with Crippen molar-refractivity contribution in [3.8, 4) is 11.5 Å². The van der Waals surface area contributed by atoms with Crippen molar-refractivity contribution in [2.24, 2.45) is 17.3 Å². The summed E-state index contributed by atoms with van der Waals surface area (Å²) in [4.78, 5) is 15.9. The van der Waals surface area contributed by atoms with Gasteiger partial charge in [0.15, 0.2) is 11.5 Å². The molecule has 1 unspecified atom stereocenters. The van der Waals surface area contributed by atoms with Crippen molar-refractivity contribution in [3.05, 3.63) is 48.1 Å². The fourth-order valence-corrected chi connectivity index (χ4v) is 8.08. The van der Waals surface area contributed by atoms with E-state index in [0.717, 1.165) is 37.4 Å². The summed E-state index contributed by atoms with van der Waals surface area (Å²) in [5.41, 5.74) is 0.220. The maximum Gasteiger partial charge on any atom is 0.226 e. The van der Waals surface area contributed by atoms with Crippen LogP contribution in [-0.4, -0.2) is 58.4 Å². The zero-order valence-electron chi connectivity index (χ0n) is 18.2. The van der Waals surface area contributed by atoms with Gasteiger partial charge in [0, 0.05) is 30.1 Å². The minimum Gasteiger partial charge on any atom is -0.504 e. The van der Waals surface area contributed by atoms with E-state index in [-0.39, 0.29) is 23.1 Å². The Morgan fingerprint density at radius 2 is 2.19 bits per heavy atom. The minimum absolute atomic E-state index is 0.136. The highest BCUT2D eigenvalue weighted by Crippen LogP contribution is 2.74. The lowest BCUT2D eigenvalue weighted by Crippen LogP contribution is -2.80. The molecule has 1 amide bonds. The molecule has 2 spiro atoms. The van der Waals surface area contributed by atoms with Gasteiger partial charge in [-0.1, -0.05) is 24.3 Å². The molecule has 2 saturated carbocycles. The number of nitrogens with zero attached hydrogens (tertiary/aromatic N) is 1. The van der Waals surface area contributed by atoms with E-state index in [0.29, 0.717) is 18.7 Å². The quantitative estimate of drug-likeness (QED) is 0.618. The predicted octanol–water partition coefficient (Wildman–Crippen LogP) is 2.04. The molecule has 1 aromatic rings. The Bertz CT molecular complexity index is 1080. The summed E-state index contributed by atoms with van der Waals surface area (Å²) in [5, 5.41) is 25.7. The third-order valence-corrected chi connectivity index (χ3v) is 9.52. The average Bonchev–Trinajstić information content (AvgIpc) is 3.52. The van der Waals surface area contributed by atoms with Gasteiger partial charge in [0.2, 0.25) is 5.91 Å². The number of ether oxygens (including phenoxy) is 1. The van der Waals surface area contributed by atoms with Gasteiger partial charge in [-0.05, 0) is 56.2 Å². The van der Waals surface area contributed by atoms with Crippen molar-refractivity contribution in [1.29, 1.82) is 0 Å². The van der Waals surface area contributed by atoms with Crippen LogP contribution in [0.2, 0.25) is 0 Å². The average molecular weight is 435 g/mol. The number of aliphatic hydroxyl groups is 1. The van der Waals surface area contributed by atoms with E-state index in [1.807, 2.05) is 12.1 Å². The Hall–Kier alpha value is -2.31. The van der Waals surface area contributed by atoms with E-state index >= 15 is 0 Å². The fraction of sp³-hybridized carbons (Fsp3) is 0.577. The number of fused-ring (bicyclic) bond motifs is 1. The summed E-state index contributed by atoms with van der Waals surface area (Å²) in [7, 11) is 0. The molecule has 168 valence electrons. The van der Waals surface area contributed by atoms with Crippen LogP contribution in [0.3, 0.4) is 0 Å². The molecule has 1 saturated heterocycles. The highest BCUT2D eigenvalue weighted by Gasteiger charge is 2.79. The van der Waals surface area contributed by atoms with Crippen molar-refractivity contribution in [2.45, 2.75) is 55.3 Å². The lowest BCUT2D eigenvalue weighted by Gasteiger charge is -2.70. The third kappa shape index (κ3) is 2.03. The molecule has 1 aromatic carbocycles. The number of hydrogen-bond donors (Lipinski definition) is 3. The molecule has 7 aliphatic rings. The van der Waals surface area contributed by atoms with Crippen molar-refractivity contribution >= 4 is 5.91 Å². The van der Waals surface area contributed by atoms with E-state index in [1.165, 1.54) is 18.4 Å². The van der Waals surface area contributed by atoms with Gasteiger partial charge in [-0.3, -0.25) is 9.69 Å². The maximum absolute atomic E-state index is 13.3. The molecule has 4 bridgehead atoms. The summed E-state index contributed by atoms with van der Waals surface area (Å²) in [6, 6.07) is 4.04. The number of rotatable bonds is 5. The van der Waals surface area contributed by atoms with Crippen molar-refractivity contribution in [1.82, 2.24) is 10.2 Å². The summed E-state index contributed by atoms with van der Waals surface area (Å²) >= 11 is 0. The number of aromatic hydroxyl groups is 1. The second kappa shape index (κ2) is 5.97. The third-order valence-electron chi connectivity index (χ3n) is 9.52. The first-order chi connectivity index (χ1) is 15.4. The standard InChI is InChI=1S/C26H30N2O4/c1-2-10-27-22(30)17-13-24-7-8-26(17,31)23-25(24)9-11-28(14-15-3-4-15)19(24)12-16-5-6-18(29)21(32-23)20(16)25/h2,5-8,15,17,19,23,29,31H,1,3-4,9-14H2,(H,27,30)/t17-,19-,23-,24-,25+,26?/m1/s1. The highest BCUT2D eigenvalue weighted by atomic mass is 16.5. The highest BCUT2D eigenvalue weighted by molar-refractivity contribution is 5.82. The summed E-state index contributed by atoms with van der Waals surface area (Å²) in [5.74, 6) is 0.712. The summed E-state index contributed by atoms with van der Waals surface area (Å²) in [6.07, 6.45) is 10.2. The molecule has 0 aromatic heterocycles. The number of amides is 1. The van der Waals surface area contributed by atoms with Gasteiger partial charge in [-0.25, -0.2) is 0 Å². The first-order valence-corrected chi connectivity index (χ1v) is 12.0. The summed E-state index contributed by atoms with van der Waals surface area (Å²) in [6.45, 7) is 6.16. The van der Waals surface area contributed by atoms with Crippen molar-refractivity contribution in [3.63, 3.8) is 0 Å².